The van der Waals surface area contributed by atoms with Crippen molar-refractivity contribution in [2.75, 3.05) is 12.0 Å². The third-order valence-electron chi connectivity index (χ3n) is 3.92. The van der Waals surface area contributed by atoms with Gasteiger partial charge in [-0.05, 0) is 32.6 Å². The summed E-state index contributed by atoms with van der Waals surface area (Å²) in [5, 5.41) is 0. The van der Waals surface area contributed by atoms with E-state index >= 15 is 0 Å². The van der Waals surface area contributed by atoms with E-state index in [1.165, 1.54) is 6.26 Å². The summed E-state index contributed by atoms with van der Waals surface area (Å²) < 4.78 is 22.8. The molecule has 104 valence electrons. The molecule has 1 amide bonds. The van der Waals surface area contributed by atoms with Gasteiger partial charge >= 0.3 is 0 Å². The molecule has 18 heavy (non-hydrogen) atoms. The van der Waals surface area contributed by atoms with Gasteiger partial charge in [-0.15, -0.1) is 0 Å². The molecule has 0 saturated heterocycles. The Hall–Kier alpha value is -0.580. The zero-order valence-electron chi connectivity index (χ0n) is 11.3. The summed E-state index contributed by atoms with van der Waals surface area (Å²) in [6.45, 7) is 1.87. The third-order valence-corrected chi connectivity index (χ3v) is 5.01. The molecule has 0 bridgehead atoms. The van der Waals surface area contributed by atoms with Crippen LogP contribution in [0.3, 0.4) is 0 Å². The van der Waals surface area contributed by atoms with Crippen molar-refractivity contribution in [1.29, 1.82) is 0 Å². The van der Waals surface area contributed by atoms with Gasteiger partial charge in [0, 0.05) is 24.3 Å². The van der Waals surface area contributed by atoms with Gasteiger partial charge in [-0.25, -0.2) is 8.42 Å². The molecule has 0 aromatic carbocycles. The molecule has 0 N–H and O–H groups in total. The molecule has 0 radical (unpaired) electrons. The van der Waals surface area contributed by atoms with Crippen molar-refractivity contribution >= 4 is 15.7 Å². The molecule has 0 aromatic heterocycles. The van der Waals surface area contributed by atoms with Gasteiger partial charge in [0.2, 0.25) is 5.91 Å². The molecule has 4 nitrogen and oxygen atoms in total. The van der Waals surface area contributed by atoms with Gasteiger partial charge in [-0.1, -0.05) is 12.8 Å². The summed E-state index contributed by atoms with van der Waals surface area (Å²) in [5.74, 6) is 0.431. The van der Waals surface area contributed by atoms with Gasteiger partial charge in [0.25, 0.3) is 0 Å². The van der Waals surface area contributed by atoms with Crippen molar-refractivity contribution in [3.05, 3.63) is 0 Å². The van der Waals surface area contributed by atoms with E-state index in [9.17, 15) is 13.2 Å². The van der Waals surface area contributed by atoms with E-state index < -0.39 is 9.84 Å². The highest BCUT2D eigenvalue weighted by Gasteiger charge is 2.39. The van der Waals surface area contributed by atoms with Crippen LogP contribution in [0.25, 0.3) is 0 Å². The fraction of sp³-hybridized carbons (Fsp3) is 0.923. The average molecular weight is 273 g/mol. The standard InChI is InChI=1S/C13H23NO3S/c1-10(9-18(2,16)17)14(12-7-8-12)13(15)11-5-3-4-6-11/h10-12H,3-9H2,1-2H3/t10-/m0/s1. The van der Waals surface area contributed by atoms with Gasteiger partial charge < -0.3 is 4.90 Å². The van der Waals surface area contributed by atoms with Crippen molar-refractivity contribution in [2.24, 2.45) is 5.92 Å². The zero-order chi connectivity index (χ0) is 13.3. The lowest BCUT2D eigenvalue weighted by atomic mass is 10.1. The lowest BCUT2D eigenvalue weighted by molar-refractivity contribution is -0.137. The van der Waals surface area contributed by atoms with Crippen LogP contribution in [-0.4, -0.2) is 43.3 Å². The highest BCUT2D eigenvalue weighted by atomic mass is 32.2. The second kappa shape index (κ2) is 5.19. The Morgan fingerprint density at radius 1 is 1.22 bits per heavy atom. The third kappa shape index (κ3) is 3.46. The van der Waals surface area contributed by atoms with Gasteiger partial charge in [0.1, 0.15) is 9.84 Å². The van der Waals surface area contributed by atoms with Crippen molar-refractivity contribution in [2.45, 2.75) is 57.5 Å². The first-order chi connectivity index (χ1) is 8.38. The Morgan fingerprint density at radius 2 is 1.78 bits per heavy atom. The second-order valence-corrected chi connectivity index (χ2v) is 8.08. The average Bonchev–Trinajstić information content (AvgIpc) is 2.91. The summed E-state index contributed by atoms with van der Waals surface area (Å²) in [6, 6.07) is 0.121. The summed E-state index contributed by atoms with van der Waals surface area (Å²) in [4.78, 5) is 14.4. The minimum atomic E-state index is -3.03. The largest absolute Gasteiger partial charge is 0.336 e. The minimum absolute atomic E-state index is 0.0853. The molecular weight excluding hydrogens is 250 g/mol. The Bertz CT molecular complexity index is 408. The molecule has 2 aliphatic rings. The predicted molar refractivity (Wildman–Crippen MR) is 71.0 cm³/mol. The molecule has 2 rings (SSSR count). The topological polar surface area (TPSA) is 54.5 Å². The molecule has 2 aliphatic carbocycles. The number of carbonyl (C=O) groups is 1. The Kier molecular flexibility index (Phi) is 3.99. The monoisotopic (exact) mass is 273 g/mol. The summed E-state index contributed by atoms with van der Waals surface area (Å²) in [5.41, 5.74) is 0. The lowest BCUT2D eigenvalue weighted by Gasteiger charge is -2.31. The maximum absolute atomic E-state index is 12.5. The minimum Gasteiger partial charge on any atom is -0.336 e. The fourth-order valence-corrected chi connectivity index (χ4v) is 4.05. The Labute approximate surface area is 110 Å². The summed E-state index contributed by atoms with van der Waals surface area (Å²) >= 11 is 0. The van der Waals surface area contributed by atoms with Crippen molar-refractivity contribution in [3.8, 4) is 0 Å². The van der Waals surface area contributed by atoms with Crippen LogP contribution in [0.4, 0.5) is 0 Å². The first-order valence-corrected chi connectivity index (χ1v) is 8.94. The van der Waals surface area contributed by atoms with E-state index in [1.807, 2.05) is 11.8 Å². The van der Waals surface area contributed by atoms with Gasteiger partial charge in [0.15, 0.2) is 0 Å². The van der Waals surface area contributed by atoms with E-state index in [-0.39, 0.29) is 23.6 Å². The summed E-state index contributed by atoms with van der Waals surface area (Å²) in [6.07, 6.45) is 7.54. The maximum Gasteiger partial charge on any atom is 0.226 e. The number of sulfone groups is 1. The van der Waals surface area contributed by atoms with Crippen LogP contribution < -0.4 is 0 Å². The summed E-state index contributed by atoms with van der Waals surface area (Å²) in [7, 11) is -3.03. The maximum atomic E-state index is 12.5. The number of amides is 1. The van der Waals surface area contributed by atoms with Crippen LogP contribution in [0.15, 0.2) is 0 Å². The zero-order valence-corrected chi connectivity index (χ0v) is 12.1. The highest BCUT2D eigenvalue weighted by Crippen LogP contribution is 2.34. The number of hydrogen-bond donors (Lipinski definition) is 0. The van der Waals surface area contributed by atoms with Crippen molar-refractivity contribution in [3.63, 3.8) is 0 Å². The first-order valence-electron chi connectivity index (χ1n) is 6.88. The van der Waals surface area contributed by atoms with E-state index in [2.05, 4.69) is 0 Å². The fourth-order valence-electron chi connectivity index (χ4n) is 3.01. The normalized spacial score (nSPS) is 23.0. The SMILES string of the molecule is C[C@@H](CS(C)(=O)=O)N(C(=O)C1CCCC1)C1CC1. The molecular formula is C13H23NO3S. The predicted octanol–water partition coefficient (Wildman–Crippen LogP) is 1.60. The van der Waals surface area contributed by atoms with Crippen LogP contribution in [0.2, 0.25) is 0 Å². The van der Waals surface area contributed by atoms with Crippen LogP contribution in [0.1, 0.15) is 45.4 Å². The molecule has 0 aliphatic heterocycles. The molecule has 0 unspecified atom stereocenters. The number of carbonyl (C=O) groups excluding carboxylic acids is 1. The molecule has 1 atom stereocenters. The van der Waals surface area contributed by atoms with Gasteiger partial charge in [-0.2, -0.15) is 0 Å². The Morgan fingerprint density at radius 3 is 2.22 bits per heavy atom. The molecule has 2 saturated carbocycles. The quantitative estimate of drug-likeness (QED) is 0.764. The van der Waals surface area contributed by atoms with Crippen molar-refractivity contribution < 1.29 is 13.2 Å². The molecule has 5 heteroatoms. The van der Waals surface area contributed by atoms with Crippen molar-refractivity contribution in [1.82, 2.24) is 4.90 Å². The number of rotatable bonds is 5. The van der Waals surface area contributed by atoms with E-state index in [1.54, 1.807) is 0 Å². The van der Waals surface area contributed by atoms with E-state index in [4.69, 9.17) is 0 Å². The van der Waals surface area contributed by atoms with Gasteiger partial charge in [0.05, 0.1) is 5.75 Å². The molecule has 2 fully saturated rings. The van der Waals surface area contributed by atoms with Crippen LogP contribution in [0.5, 0.6) is 0 Å². The molecule has 0 heterocycles. The smallest absolute Gasteiger partial charge is 0.226 e. The highest BCUT2D eigenvalue weighted by molar-refractivity contribution is 7.90. The molecule has 0 spiro atoms. The van der Waals surface area contributed by atoms with Crippen LogP contribution in [-0.2, 0) is 14.6 Å². The second-order valence-electron chi connectivity index (χ2n) is 5.90. The molecule has 0 aromatic rings. The first kappa shape index (κ1) is 13.8. The lowest BCUT2D eigenvalue weighted by Crippen LogP contribution is -2.46. The Balaban J connectivity index is 2.05. The van der Waals surface area contributed by atoms with Crippen LogP contribution in [0, 0.1) is 5.92 Å². The van der Waals surface area contributed by atoms with E-state index in [0.29, 0.717) is 6.04 Å². The van der Waals surface area contributed by atoms with Gasteiger partial charge in [-0.3, -0.25) is 4.79 Å². The van der Waals surface area contributed by atoms with Crippen LogP contribution >= 0.6 is 0 Å². The van der Waals surface area contributed by atoms with E-state index in [0.717, 1.165) is 38.5 Å². The number of nitrogens with zero attached hydrogens (tertiary/aromatic N) is 1. The number of hydrogen-bond acceptors (Lipinski definition) is 3.